The Bertz CT molecular complexity index is 382. The molecule has 1 aliphatic heterocycles. The average molecular weight is 190 g/mol. The van der Waals surface area contributed by atoms with E-state index in [1.54, 1.807) is 0 Å². The predicted octanol–water partition coefficient (Wildman–Crippen LogP) is 0.710. The first kappa shape index (κ1) is 9.22. The summed E-state index contributed by atoms with van der Waals surface area (Å²) in [6.07, 6.45) is 0.470. The molecular weight excluding hydrogens is 176 g/mol. The number of hydrogen-bond acceptors (Lipinski definition) is 3. The Hall–Kier alpha value is -1.34. The van der Waals surface area contributed by atoms with Gasteiger partial charge in [0.05, 0.1) is 24.2 Å². The molecule has 1 fully saturated rings. The van der Waals surface area contributed by atoms with Crippen LogP contribution in [-0.4, -0.2) is 22.9 Å². The Morgan fingerprint density at radius 2 is 2.29 bits per heavy atom. The molecule has 1 N–H and O–H groups in total. The van der Waals surface area contributed by atoms with Crippen molar-refractivity contribution in [2.24, 2.45) is 0 Å². The van der Waals surface area contributed by atoms with Crippen LogP contribution >= 0.6 is 0 Å². The maximum absolute atomic E-state index is 8.69. The van der Waals surface area contributed by atoms with Gasteiger partial charge < -0.3 is 5.32 Å². The third-order valence-electron chi connectivity index (χ3n) is 2.84. The molecule has 74 valence electrons. The van der Waals surface area contributed by atoms with E-state index in [1.807, 2.05) is 13.8 Å². The number of aryl methyl sites for hydroxylation is 1. The molecule has 0 radical (unpaired) electrons. The lowest BCUT2D eigenvalue weighted by Crippen LogP contribution is -2.44. The van der Waals surface area contributed by atoms with Gasteiger partial charge in [-0.05, 0) is 13.8 Å². The largest absolute Gasteiger partial charge is 0.312 e. The first-order chi connectivity index (χ1) is 6.74. The van der Waals surface area contributed by atoms with Gasteiger partial charge in [-0.3, -0.25) is 4.68 Å². The fraction of sp³-hybridized carbons (Fsp3) is 0.600. The van der Waals surface area contributed by atoms with Crippen molar-refractivity contribution in [2.75, 3.05) is 13.1 Å². The minimum absolute atomic E-state index is 0.470. The Morgan fingerprint density at radius 1 is 1.57 bits per heavy atom. The first-order valence-corrected chi connectivity index (χ1v) is 4.86. The van der Waals surface area contributed by atoms with E-state index in [0.29, 0.717) is 12.5 Å². The van der Waals surface area contributed by atoms with E-state index in [0.717, 1.165) is 30.0 Å². The summed E-state index contributed by atoms with van der Waals surface area (Å²) in [5.41, 5.74) is 3.24. The molecular formula is C10H14N4. The molecule has 1 aromatic rings. The summed E-state index contributed by atoms with van der Waals surface area (Å²) < 4.78 is 2.05. The third-order valence-corrected chi connectivity index (χ3v) is 2.84. The van der Waals surface area contributed by atoms with Crippen LogP contribution in [0.15, 0.2) is 0 Å². The van der Waals surface area contributed by atoms with Gasteiger partial charge in [0.15, 0.2) is 0 Å². The minimum Gasteiger partial charge on any atom is -0.312 e. The lowest BCUT2D eigenvalue weighted by atomic mass is 10.1. The molecule has 0 unspecified atom stereocenters. The van der Waals surface area contributed by atoms with Crippen molar-refractivity contribution < 1.29 is 0 Å². The van der Waals surface area contributed by atoms with Gasteiger partial charge in [-0.15, -0.1) is 0 Å². The SMILES string of the molecule is Cc1nn(C2CNC2)c(C)c1CC#N. The van der Waals surface area contributed by atoms with Crippen LogP contribution in [-0.2, 0) is 6.42 Å². The lowest BCUT2D eigenvalue weighted by Gasteiger charge is -2.28. The molecule has 14 heavy (non-hydrogen) atoms. The quantitative estimate of drug-likeness (QED) is 0.747. The van der Waals surface area contributed by atoms with E-state index in [9.17, 15) is 0 Å². The van der Waals surface area contributed by atoms with Crippen molar-refractivity contribution in [1.29, 1.82) is 5.26 Å². The van der Waals surface area contributed by atoms with Crippen LogP contribution in [0, 0.1) is 25.2 Å². The highest BCUT2D eigenvalue weighted by atomic mass is 15.3. The second-order valence-corrected chi connectivity index (χ2v) is 3.74. The Labute approximate surface area is 83.5 Å². The van der Waals surface area contributed by atoms with Gasteiger partial charge in [0.2, 0.25) is 0 Å². The van der Waals surface area contributed by atoms with Crippen LogP contribution in [0.1, 0.15) is 23.0 Å². The minimum atomic E-state index is 0.470. The van der Waals surface area contributed by atoms with Crippen molar-refractivity contribution in [3.05, 3.63) is 17.0 Å². The number of nitriles is 1. The summed E-state index contributed by atoms with van der Waals surface area (Å²) in [7, 11) is 0. The predicted molar refractivity (Wildman–Crippen MR) is 52.9 cm³/mol. The molecule has 1 aliphatic rings. The zero-order valence-corrected chi connectivity index (χ0v) is 8.54. The molecule has 1 saturated heterocycles. The molecule has 0 aromatic carbocycles. The van der Waals surface area contributed by atoms with Gasteiger partial charge in [-0.1, -0.05) is 0 Å². The molecule has 0 atom stereocenters. The lowest BCUT2D eigenvalue weighted by molar-refractivity contribution is 0.312. The zero-order chi connectivity index (χ0) is 10.1. The van der Waals surface area contributed by atoms with E-state index < -0.39 is 0 Å². The Kier molecular flexibility index (Phi) is 2.26. The second kappa shape index (κ2) is 3.43. The monoisotopic (exact) mass is 190 g/mol. The standard InChI is InChI=1S/C10H14N4/c1-7-10(3-4-11)8(2)14(13-7)9-5-12-6-9/h9,12H,3,5-6H2,1-2H3. The van der Waals surface area contributed by atoms with Gasteiger partial charge in [0.25, 0.3) is 0 Å². The van der Waals surface area contributed by atoms with Gasteiger partial charge in [-0.25, -0.2) is 0 Å². The summed E-state index contributed by atoms with van der Waals surface area (Å²) in [6.45, 7) is 6.01. The van der Waals surface area contributed by atoms with E-state index in [2.05, 4.69) is 21.2 Å². The molecule has 1 aromatic heterocycles. The highest BCUT2D eigenvalue weighted by molar-refractivity contribution is 5.28. The van der Waals surface area contributed by atoms with Crippen LogP contribution in [0.4, 0.5) is 0 Å². The van der Waals surface area contributed by atoms with Gasteiger partial charge in [-0.2, -0.15) is 10.4 Å². The fourth-order valence-corrected chi connectivity index (χ4v) is 1.83. The van der Waals surface area contributed by atoms with Gasteiger partial charge >= 0.3 is 0 Å². The van der Waals surface area contributed by atoms with Gasteiger partial charge in [0, 0.05) is 24.3 Å². The topological polar surface area (TPSA) is 53.6 Å². The maximum Gasteiger partial charge on any atom is 0.0771 e. The number of nitrogens with one attached hydrogen (secondary N) is 1. The number of nitrogens with zero attached hydrogens (tertiary/aromatic N) is 3. The molecule has 4 nitrogen and oxygen atoms in total. The molecule has 0 aliphatic carbocycles. The van der Waals surface area contributed by atoms with E-state index in [1.165, 1.54) is 0 Å². The van der Waals surface area contributed by atoms with Crippen LogP contribution in [0.25, 0.3) is 0 Å². The van der Waals surface area contributed by atoms with Gasteiger partial charge in [0.1, 0.15) is 0 Å². The highest BCUT2D eigenvalue weighted by Crippen LogP contribution is 2.19. The number of rotatable bonds is 2. The molecule has 0 spiro atoms. The average Bonchev–Trinajstić information content (AvgIpc) is 2.31. The number of aromatic nitrogens is 2. The normalized spacial score (nSPS) is 16.4. The molecule has 2 rings (SSSR count). The molecule has 0 amide bonds. The molecule has 2 heterocycles. The molecule has 4 heteroatoms. The second-order valence-electron chi connectivity index (χ2n) is 3.74. The van der Waals surface area contributed by atoms with E-state index >= 15 is 0 Å². The maximum atomic E-state index is 8.69. The van der Waals surface area contributed by atoms with E-state index in [-0.39, 0.29) is 0 Å². The van der Waals surface area contributed by atoms with Crippen molar-refractivity contribution in [2.45, 2.75) is 26.3 Å². The smallest absolute Gasteiger partial charge is 0.0771 e. The van der Waals surface area contributed by atoms with Crippen LogP contribution in [0.3, 0.4) is 0 Å². The summed E-state index contributed by atoms with van der Waals surface area (Å²) in [5, 5.41) is 16.4. The third kappa shape index (κ3) is 1.30. The fourth-order valence-electron chi connectivity index (χ4n) is 1.83. The van der Waals surface area contributed by atoms with E-state index in [4.69, 9.17) is 5.26 Å². The summed E-state index contributed by atoms with van der Waals surface area (Å²) in [5.74, 6) is 0. The molecule has 0 bridgehead atoms. The summed E-state index contributed by atoms with van der Waals surface area (Å²) >= 11 is 0. The number of hydrogen-bond donors (Lipinski definition) is 1. The summed E-state index contributed by atoms with van der Waals surface area (Å²) in [4.78, 5) is 0. The van der Waals surface area contributed by atoms with Crippen molar-refractivity contribution in [3.8, 4) is 6.07 Å². The van der Waals surface area contributed by atoms with Crippen molar-refractivity contribution in [1.82, 2.24) is 15.1 Å². The summed E-state index contributed by atoms with van der Waals surface area (Å²) in [6, 6.07) is 2.67. The highest BCUT2D eigenvalue weighted by Gasteiger charge is 2.23. The van der Waals surface area contributed by atoms with Crippen molar-refractivity contribution >= 4 is 0 Å². The van der Waals surface area contributed by atoms with Crippen LogP contribution in [0.5, 0.6) is 0 Å². The Morgan fingerprint density at radius 3 is 2.79 bits per heavy atom. The first-order valence-electron chi connectivity index (χ1n) is 4.86. The Balaban J connectivity index is 2.33. The molecule has 0 saturated carbocycles. The van der Waals surface area contributed by atoms with Crippen LogP contribution < -0.4 is 5.32 Å². The van der Waals surface area contributed by atoms with Crippen LogP contribution in [0.2, 0.25) is 0 Å². The van der Waals surface area contributed by atoms with Crippen molar-refractivity contribution in [3.63, 3.8) is 0 Å². The zero-order valence-electron chi connectivity index (χ0n) is 8.54.